The first-order chi connectivity index (χ1) is 12.3. The van der Waals surface area contributed by atoms with Crippen molar-refractivity contribution < 1.29 is 19.4 Å². The van der Waals surface area contributed by atoms with Crippen molar-refractivity contribution in [2.75, 3.05) is 5.32 Å². The Bertz CT molecular complexity index is 884. The fourth-order valence-electron chi connectivity index (χ4n) is 2.30. The minimum atomic E-state index is -0.996. The molecule has 0 spiro atoms. The summed E-state index contributed by atoms with van der Waals surface area (Å²) < 4.78 is 5.64. The topological polar surface area (TPSA) is 99.4 Å². The highest BCUT2D eigenvalue weighted by Gasteiger charge is 2.12. The second kappa shape index (κ2) is 8.56. The fraction of sp³-hybridized carbons (Fsp3) is 0.167. The van der Waals surface area contributed by atoms with E-state index in [1.165, 1.54) is 19.1 Å². The van der Waals surface area contributed by atoms with Crippen molar-refractivity contribution in [2.24, 2.45) is 0 Å². The molecule has 8 heteroatoms. The Kier molecular flexibility index (Phi) is 6.45. The first-order valence-corrected chi connectivity index (χ1v) is 8.18. The number of carbonyl (C=O) groups is 2. The number of nitrogens with one attached hydrogen (secondary N) is 1. The smallest absolute Gasteiger partial charge is 0.307 e. The highest BCUT2D eigenvalue weighted by molar-refractivity contribution is 6.37. The van der Waals surface area contributed by atoms with Gasteiger partial charge in [-0.25, -0.2) is 0 Å². The fourth-order valence-corrected chi connectivity index (χ4v) is 2.94. The van der Waals surface area contributed by atoms with Gasteiger partial charge < -0.3 is 15.2 Å². The second-order valence-electron chi connectivity index (χ2n) is 5.46. The predicted molar refractivity (Wildman–Crippen MR) is 97.6 cm³/mol. The van der Waals surface area contributed by atoms with Gasteiger partial charge in [0.15, 0.2) is 5.75 Å². The summed E-state index contributed by atoms with van der Waals surface area (Å²) in [6.07, 6.45) is -0.204. The third kappa shape index (κ3) is 5.38. The van der Waals surface area contributed by atoms with Gasteiger partial charge in [-0.05, 0) is 41.5 Å². The molecule has 0 bridgehead atoms. The van der Waals surface area contributed by atoms with Crippen molar-refractivity contribution >= 4 is 40.8 Å². The Morgan fingerprint density at radius 3 is 2.35 bits per heavy atom. The normalized spacial score (nSPS) is 10.1. The third-order valence-electron chi connectivity index (χ3n) is 3.24. The van der Waals surface area contributed by atoms with Gasteiger partial charge in [-0.1, -0.05) is 23.2 Å². The molecule has 0 atom stereocenters. The highest BCUT2D eigenvalue weighted by atomic mass is 35.5. The lowest BCUT2D eigenvalue weighted by Crippen LogP contribution is -2.07. The molecule has 1 amide bonds. The van der Waals surface area contributed by atoms with Crippen LogP contribution in [0.2, 0.25) is 10.0 Å². The quantitative estimate of drug-likeness (QED) is 0.772. The van der Waals surface area contributed by atoms with Crippen molar-refractivity contribution in [2.45, 2.75) is 20.0 Å². The van der Waals surface area contributed by atoms with Crippen LogP contribution in [0.15, 0.2) is 30.3 Å². The molecule has 0 aliphatic rings. The molecular formula is C18H14Cl2N2O4. The molecule has 0 aliphatic carbocycles. The van der Waals surface area contributed by atoms with E-state index in [9.17, 15) is 9.59 Å². The average molecular weight is 393 g/mol. The highest BCUT2D eigenvalue weighted by Crippen LogP contribution is 2.35. The molecule has 134 valence electrons. The van der Waals surface area contributed by atoms with Gasteiger partial charge in [-0.2, -0.15) is 5.26 Å². The number of carboxylic acids is 1. The number of amides is 1. The van der Waals surface area contributed by atoms with E-state index in [-0.39, 0.29) is 34.7 Å². The van der Waals surface area contributed by atoms with Gasteiger partial charge in [0.25, 0.3) is 0 Å². The summed E-state index contributed by atoms with van der Waals surface area (Å²) in [6, 6.07) is 9.80. The number of halogens is 2. The van der Waals surface area contributed by atoms with Crippen LogP contribution >= 0.6 is 23.2 Å². The summed E-state index contributed by atoms with van der Waals surface area (Å²) in [6.45, 7) is 1.42. The van der Waals surface area contributed by atoms with Crippen LogP contribution in [0.5, 0.6) is 5.75 Å². The summed E-state index contributed by atoms with van der Waals surface area (Å²) in [5.74, 6) is -1.04. The standard InChI is InChI=1S/C18H14Cl2N2O4/c1-10(23)22-14-3-12(8-21)2-13(4-14)9-26-18-15(19)5-11(6-16(18)20)7-17(24)25/h2-6H,7,9H2,1H3,(H,22,23)(H,24,25). The van der Waals surface area contributed by atoms with Gasteiger partial charge in [0.1, 0.15) is 6.61 Å². The number of hydrogen-bond donors (Lipinski definition) is 2. The van der Waals surface area contributed by atoms with Crippen LogP contribution in [0, 0.1) is 11.3 Å². The molecule has 0 saturated heterocycles. The van der Waals surface area contributed by atoms with Gasteiger partial charge >= 0.3 is 5.97 Å². The monoisotopic (exact) mass is 392 g/mol. The summed E-state index contributed by atoms with van der Waals surface area (Å²) in [4.78, 5) is 22.0. The number of ether oxygens (including phenoxy) is 1. The number of aliphatic carboxylic acids is 1. The van der Waals surface area contributed by atoms with Crippen LogP contribution in [0.3, 0.4) is 0 Å². The molecule has 0 radical (unpaired) electrons. The van der Waals surface area contributed by atoms with Crippen molar-refractivity contribution in [1.82, 2.24) is 0 Å². The van der Waals surface area contributed by atoms with Gasteiger partial charge in [0.05, 0.1) is 28.1 Å². The number of nitrogens with zero attached hydrogens (tertiary/aromatic N) is 1. The van der Waals surface area contributed by atoms with Gasteiger partial charge in [0.2, 0.25) is 5.91 Å². The van der Waals surface area contributed by atoms with Crippen molar-refractivity contribution in [1.29, 1.82) is 5.26 Å². The number of anilines is 1. The number of hydrogen-bond acceptors (Lipinski definition) is 4. The van der Waals surface area contributed by atoms with Crippen LogP contribution < -0.4 is 10.1 Å². The third-order valence-corrected chi connectivity index (χ3v) is 3.80. The second-order valence-corrected chi connectivity index (χ2v) is 6.27. The minimum Gasteiger partial charge on any atom is -0.486 e. The van der Waals surface area contributed by atoms with E-state index in [1.54, 1.807) is 18.2 Å². The number of benzene rings is 2. The van der Waals surface area contributed by atoms with Gasteiger partial charge in [0, 0.05) is 12.6 Å². The van der Waals surface area contributed by atoms with E-state index in [2.05, 4.69) is 5.32 Å². The maximum absolute atomic E-state index is 11.2. The zero-order chi connectivity index (χ0) is 19.3. The Hall–Kier alpha value is -2.75. The van der Waals surface area contributed by atoms with E-state index in [4.69, 9.17) is 38.3 Å². The first kappa shape index (κ1) is 19.6. The van der Waals surface area contributed by atoms with Crippen LogP contribution in [0.4, 0.5) is 5.69 Å². The zero-order valence-corrected chi connectivity index (χ0v) is 15.2. The molecule has 6 nitrogen and oxygen atoms in total. The van der Waals surface area contributed by atoms with E-state index >= 15 is 0 Å². The lowest BCUT2D eigenvalue weighted by molar-refractivity contribution is -0.136. The summed E-state index contributed by atoms with van der Waals surface area (Å²) in [5.41, 5.74) is 1.93. The van der Waals surface area contributed by atoms with Crippen molar-refractivity contribution in [3.8, 4) is 11.8 Å². The number of carbonyl (C=O) groups excluding carboxylic acids is 1. The molecule has 26 heavy (non-hydrogen) atoms. The molecule has 0 aromatic heterocycles. The summed E-state index contributed by atoms with van der Waals surface area (Å²) >= 11 is 12.3. The van der Waals surface area contributed by atoms with E-state index < -0.39 is 5.97 Å². The molecule has 0 unspecified atom stereocenters. The van der Waals surface area contributed by atoms with E-state index in [0.717, 1.165) is 0 Å². The van der Waals surface area contributed by atoms with Crippen molar-refractivity contribution in [3.63, 3.8) is 0 Å². The lowest BCUT2D eigenvalue weighted by atomic mass is 10.1. The molecule has 2 N–H and O–H groups in total. The molecule has 0 fully saturated rings. The molecule has 2 aromatic carbocycles. The van der Waals surface area contributed by atoms with Gasteiger partial charge in [-0.3, -0.25) is 9.59 Å². The maximum Gasteiger partial charge on any atom is 0.307 e. The summed E-state index contributed by atoms with van der Waals surface area (Å²) in [5, 5.41) is 20.9. The molecule has 2 aromatic rings. The molecule has 0 aliphatic heterocycles. The average Bonchev–Trinajstić information content (AvgIpc) is 2.52. The SMILES string of the molecule is CC(=O)Nc1cc(C#N)cc(COc2c(Cl)cc(CC(=O)O)cc2Cl)c1. The van der Waals surface area contributed by atoms with E-state index in [1.807, 2.05) is 6.07 Å². The van der Waals surface area contributed by atoms with Crippen LogP contribution in [-0.2, 0) is 22.6 Å². The van der Waals surface area contributed by atoms with Crippen molar-refractivity contribution in [3.05, 3.63) is 57.1 Å². The molecule has 0 saturated carbocycles. The molecular weight excluding hydrogens is 379 g/mol. The first-order valence-electron chi connectivity index (χ1n) is 7.42. The molecule has 0 heterocycles. The minimum absolute atomic E-state index is 0.0554. The zero-order valence-electron chi connectivity index (χ0n) is 13.7. The molecule has 2 rings (SSSR count). The van der Waals surface area contributed by atoms with Crippen LogP contribution in [-0.4, -0.2) is 17.0 Å². The Balaban J connectivity index is 2.22. The number of rotatable bonds is 6. The van der Waals surface area contributed by atoms with Crippen LogP contribution in [0.1, 0.15) is 23.6 Å². The summed E-state index contributed by atoms with van der Waals surface area (Å²) in [7, 11) is 0. The number of nitriles is 1. The van der Waals surface area contributed by atoms with Crippen LogP contribution in [0.25, 0.3) is 0 Å². The largest absolute Gasteiger partial charge is 0.486 e. The maximum atomic E-state index is 11.2. The predicted octanol–water partition coefficient (Wildman–Crippen LogP) is 4.03. The van der Waals surface area contributed by atoms with Gasteiger partial charge in [-0.15, -0.1) is 0 Å². The Morgan fingerprint density at radius 1 is 1.15 bits per heavy atom. The Morgan fingerprint density at radius 2 is 1.81 bits per heavy atom. The Labute approximate surface area is 159 Å². The van der Waals surface area contributed by atoms with E-state index in [0.29, 0.717) is 22.4 Å². The number of carboxylic acid groups (broad SMARTS) is 1. The lowest BCUT2D eigenvalue weighted by Gasteiger charge is -2.13.